The van der Waals surface area contributed by atoms with Gasteiger partial charge < -0.3 is 15.3 Å². The lowest BCUT2D eigenvalue weighted by Gasteiger charge is -2.16. The van der Waals surface area contributed by atoms with Gasteiger partial charge in [-0.25, -0.2) is 8.78 Å². The first-order valence-electron chi connectivity index (χ1n) is 10.5. The predicted molar refractivity (Wildman–Crippen MR) is 119 cm³/mol. The second-order valence-corrected chi connectivity index (χ2v) is 7.88. The van der Waals surface area contributed by atoms with Crippen molar-refractivity contribution in [2.24, 2.45) is 0 Å². The van der Waals surface area contributed by atoms with Gasteiger partial charge in [-0.05, 0) is 35.9 Å². The van der Waals surface area contributed by atoms with Crippen LogP contribution in [-0.2, 0) is 19.6 Å². The van der Waals surface area contributed by atoms with E-state index >= 15 is 0 Å². The molecule has 170 valence electrons. The first kappa shape index (κ1) is 21.4. The zero-order valence-electron chi connectivity index (χ0n) is 17.8. The molecule has 3 heterocycles. The van der Waals surface area contributed by atoms with Crippen LogP contribution in [0, 0.1) is 11.6 Å². The molecule has 0 saturated carbocycles. The zero-order chi connectivity index (χ0) is 23.8. The molecule has 0 saturated heterocycles. The average Bonchev–Trinajstić information content (AvgIpc) is 3.16. The predicted octanol–water partition coefficient (Wildman–Crippen LogP) is 3.70. The van der Waals surface area contributed by atoms with Crippen LogP contribution in [0.5, 0.6) is 5.75 Å². The number of aromatic nitrogens is 2. The van der Waals surface area contributed by atoms with Crippen molar-refractivity contribution in [2.75, 3.05) is 0 Å². The number of halogens is 2. The van der Waals surface area contributed by atoms with Crippen LogP contribution in [0.3, 0.4) is 0 Å². The monoisotopic (exact) mass is 460 g/mol. The van der Waals surface area contributed by atoms with Crippen molar-refractivity contribution in [3.8, 4) is 5.75 Å². The molecule has 0 radical (unpaired) electrons. The third-order valence-corrected chi connectivity index (χ3v) is 5.76. The summed E-state index contributed by atoms with van der Waals surface area (Å²) in [4.78, 5) is 36.1. The Morgan fingerprint density at radius 3 is 2.56 bits per heavy atom. The fourth-order valence-corrected chi connectivity index (χ4v) is 4.15. The highest BCUT2D eigenvalue weighted by Gasteiger charge is 2.36. The van der Waals surface area contributed by atoms with E-state index in [4.69, 9.17) is 0 Å². The summed E-state index contributed by atoms with van der Waals surface area (Å²) in [5.74, 6) is -2.25. The van der Waals surface area contributed by atoms with E-state index in [0.717, 1.165) is 0 Å². The highest BCUT2D eigenvalue weighted by atomic mass is 19.1. The summed E-state index contributed by atoms with van der Waals surface area (Å²) in [5.41, 5.74) is 1.42. The smallest absolute Gasteiger partial charge is 0.258 e. The van der Waals surface area contributed by atoms with Crippen molar-refractivity contribution < 1.29 is 23.5 Å². The Kier molecular flexibility index (Phi) is 5.37. The number of hydrogen-bond acceptors (Lipinski definition) is 5. The second kappa shape index (κ2) is 8.51. The Labute approximate surface area is 192 Å². The molecule has 0 atom stereocenters. The number of carbonyl (C=O) groups excluding carboxylic acids is 2. The summed E-state index contributed by atoms with van der Waals surface area (Å²) >= 11 is 0. The van der Waals surface area contributed by atoms with Crippen LogP contribution in [0.1, 0.15) is 37.5 Å². The number of hydrogen-bond donors (Lipinski definition) is 2. The van der Waals surface area contributed by atoms with Crippen LogP contribution in [0.15, 0.2) is 60.9 Å². The summed E-state index contributed by atoms with van der Waals surface area (Å²) < 4.78 is 27.2. The molecule has 1 aliphatic heterocycles. The Hall–Kier alpha value is -4.40. The van der Waals surface area contributed by atoms with Crippen molar-refractivity contribution >= 4 is 22.7 Å². The quantitative estimate of drug-likeness (QED) is 0.474. The van der Waals surface area contributed by atoms with Crippen molar-refractivity contribution in [1.29, 1.82) is 0 Å². The number of phenolic OH excluding ortho intramolecular Hbond substituents is 1. The summed E-state index contributed by atoms with van der Waals surface area (Å²) in [6.45, 7) is 0.0675. The number of nitrogens with one attached hydrogen (secondary N) is 1. The first-order chi connectivity index (χ1) is 16.4. The standard InChI is InChI=1S/C25H18F2N4O3/c26-15-7-5-14(6-8-15)12-31-13-17-20(24(33)30-11-19-18(27)4-2-9-28-19)16-3-1-10-29-22(16)23(32)21(17)25(31)34/h1-10,32H,11-13H2,(H,30,33). The van der Waals surface area contributed by atoms with Gasteiger partial charge in [-0.2, -0.15) is 0 Å². The average molecular weight is 460 g/mol. The van der Waals surface area contributed by atoms with Crippen LogP contribution in [0.25, 0.3) is 10.9 Å². The summed E-state index contributed by atoms with van der Waals surface area (Å²) in [7, 11) is 0. The lowest BCUT2D eigenvalue weighted by Crippen LogP contribution is -2.26. The topological polar surface area (TPSA) is 95.4 Å². The molecular weight excluding hydrogens is 442 g/mol. The Balaban J connectivity index is 1.53. The van der Waals surface area contributed by atoms with E-state index in [1.165, 1.54) is 41.6 Å². The minimum absolute atomic E-state index is 0.00229. The third kappa shape index (κ3) is 3.71. The number of pyridine rings is 2. The molecule has 2 aromatic heterocycles. The molecule has 5 rings (SSSR count). The van der Waals surface area contributed by atoms with E-state index in [0.29, 0.717) is 16.5 Å². The Bertz CT molecular complexity index is 1440. The van der Waals surface area contributed by atoms with Crippen LogP contribution in [-0.4, -0.2) is 31.8 Å². The van der Waals surface area contributed by atoms with Gasteiger partial charge in [0.1, 0.15) is 17.2 Å². The molecule has 0 bridgehead atoms. The van der Waals surface area contributed by atoms with Gasteiger partial charge in [0, 0.05) is 36.4 Å². The maximum absolute atomic E-state index is 14.0. The number of phenols is 1. The Morgan fingerprint density at radius 1 is 1.06 bits per heavy atom. The SMILES string of the molecule is O=C(NCc1ncccc1F)c1c2c(c(O)c3ncccc13)C(=O)N(Cc1ccc(F)cc1)C2. The molecule has 2 N–H and O–H groups in total. The van der Waals surface area contributed by atoms with Gasteiger partial charge in [-0.15, -0.1) is 0 Å². The van der Waals surface area contributed by atoms with Crippen molar-refractivity contribution in [3.63, 3.8) is 0 Å². The maximum Gasteiger partial charge on any atom is 0.258 e. The highest BCUT2D eigenvalue weighted by Crippen LogP contribution is 2.40. The lowest BCUT2D eigenvalue weighted by molar-refractivity contribution is 0.0763. The molecule has 0 unspecified atom stereocenters. The number of nitrogens with zero attached hydrogens (tertiary/aromatic N) is 3. The normalized spacial score (nSPS) is 12.8. The number of aromatic hydroxyl groups is 1. The lowest BCUT2D eigenvalue weighted by atomic mass is 9.96. The summed E-state index contributed by atoms with van der Waals surface area (Å²) in [6, 6.07) is 11.7. The van der Waals surface area contributed by atoms with Crippen LogP contribution in [0.2, 0.25) is 0 Å². The number of rotatable bonds is 5. The zero-order valence-corrected chi connectivity index (χ0v) is 17.8. The molecule has 0 fully saturated rings. The maximum atomic E-state index is 14.0. The minimum Gasteiger partial charge on any atom is -0.505 e. The fourth-order valence-electron chi connectivity index (χ4n) is 4.15. The van der Waals surface area contributed by atoms with E-state index in [-0.39, 0.29) is 47.7 Å². The van der Waals surface area contributed by atoms with Crippen molar-refractivity contribution in [2.45, 2.75) is 19.6 Å². The second-order valence-electron chi connectivity index (χ2n) is 7.88. The molecule has 1 aliphatic rings. The molecule has 0 spiro atoms. The van der Waals surface area contributed by atoms with Gasteiger partial charge in [0.2, 0.25) is 0 Å². The summed E-state index contributed by atoms with van der Waals surface area (Å²) in [6.07, 6.45) is 2.88. The molecule has 34 heavy (non-hydrogen) atoms. The van der Waals surface area contributed by atoms with Gasteiger partial charge in [0.25, 0.3) is 11.8 Å². The number of amides is 2. The molecule has 0 aliphatic carbocycles. The summed E-state index contributed by atoms with van der Waals surface area (Å²) in [5, 5.41) is 13.9. The number of fused-ring (bicyclic) bond motifs is 2. The van der Waals surface area contributed by atoms with E-state index in [9.17, 15) is 23.5 Å². The minimum atomic E-state index is -0.550. The highest BCUT2D eigenvalue weighted by molar-refractivity contribution is 6.15. The van der Waals surface area contributed by atoms with E-state index in [2.05, 4.69) is 15.3 Å². The number of benzene rings is 2. The van der Waals surface area contributed by atoms with Gasteiger partial charge in [-0.1, -0.05) is 18.2 Å². The third-order valence-electron chi connectivity index (χ3n) is 5.76. The fraction of sp³-hybridized carbons (Fsp3) is 0.120. The van der Waals surface area contributed by atoms with Gasteiger partial charge in [-0.3, -0.25) is 19.6 Å². The Morgan fingerprint density at radius 2 is 1.79 bits per heavy atom. The van der Waals surface area contributed by atoms with Gasteiger partial charge in [0.05, 0.1) is 23.4 Å². The van der Waals surface area contributed by atoms with Crippen molar-refractivity contribution in [1.82, 2.24) is 20.2 Å². The largest absolute Gasteiger partial charge is 0.505 e. The van der Waals surface area contributed by atoms with E-state index < -0.39 is 23.4 Å². The molecular formula is C25H18F2N4O3. The number of carbonyl (C=O) groups is 2. The first-order valence-corrected chi connectivity index (χ1v) is 10.5. The van der Waals surface area contributed by atoms with Gasteiger partial charge in [0.15, 0.2) is 5.75 Å². The molecule has 9 heteroatoms. The van der Waals surface area contributed by atoms with Crippen molar-refractivity contribution in [3.05, 3.63) is 101 Å². The molecule has 2 aromatic carbocycles. The van der Waals surface area contributed by atoms with Crippen LogP contribution in [0.4, 0.5) is 8.78 Å². The molecule has 4 aromatic rings. The van der Waals surface area contributed by atoms with Gasteiger partial charge >= 0.3 is 0 Å². The van der Waals surface area contributed by atoms with Crippen LogP contribution < -0.4 is 5.32 Å². The molecule has 2 amide bonds. The van der Waals surface area contributed by atoms with E-state index in [1.54, 1.807) is 24.3 Å². The molecule has 7 nitrogen and oxygen atoms in total. The van der Waals surface area contributed by atoms with Crippen LogP contribution >= 0.6 is 0 Å². The van der Waals surface area contributed by atoms with E-state index in [1.807, 2.05) is 0 Å².